The zero-order valence-electron chi connectivity index (χ0n) is 15.7. The van der Waals surface area contributed by atoms with Crippen molar-refractivity contribution < 1.29 is 9.80 Å². The number of nitrogens with zero attached hydrogens (tertiary/aromatic N) is 2. The van der Waals surface area contributed by atoms with Crippen molar-refractivity contribution in [1.82, 2.24) is 14.8 Å². The number of aryl methyl sites for hydroxylation is 1. The molecule has 0 spiro atoms. The molecule has 142 valence electrons. The van der Waals surface area contributed by atoms with Crippen LogP contribution in [0.25, 0.3) is 11.4 Å². The van der Waals surface area contributed by atoms with Gasteiger partial charge in [-0.2, -0.15) is 16.3 Å². The van der Waals surface area contributed by atoms with E-state index in [9.17, 15) is 0 Å². The molecule has 3 aromatic rings. The van der Waals surface area contributed by atoms with E-state index in [4.69, 9.17) is 12.2 Å². The Bertz CT molecular complexity index is 903. The van der Waals surface area contributed by atoms with Gasteiger partial charge in [0, 0.05) is 11.1 Å². The van der Waals surface area contributed by atoms with Crippen LogP contribution in [0.4, 0.5) is 0 Å². The van der Waals surface area contributed by atoms with Crippen molar-refractivity contribution in [3.8, 4) is 11.4 Å². The minimum Gasteiger partial charge on any atom is -0.322 e. The second-order valence-corrected chi connectivity index (χ2v) is 8.44. The lowest BCUT2D eigenvalue weighted by molar-refractivity contribution is -1.03. The summed E-state index contributed by atoms with van der Waals surface area (Å²) in [6, 6.07) is 10.8. The minimum atomic E-state index is 0.644. The molecule has 0 saturated carbocycles. The Balaban J connectivity index is 1.36. The summed E-state index contributed by atoms with van der Waals surface area (Å²) in [6.45, 7) is 8.93. The summed E-state index contributed by atoms with van der Waals surface area (Å²) in [5.41, 5.74) is 3.90. The number of rotatable bonds is 6. The van der Waals surface area contributed by atoms with Crippen LogP contribution in [0.1, 0.15) is 18.1 Å². The monoisotopic (exact) mass is 401 g/mol. The third kappa shape index (κ3) is 4.55. The second-order valence-electron chi connectivity index (χ2n) is 7.30. The number of hydrogen-bond donors (Lipinski definition) is 3. The van der Waals surface area contributed by atoms with E-state index in [1.807, 2.05) is 4.68 Å². The molecule has 1 fully saturated rings. The molecular formula is C20H27N5S2+2. The summed E-state index contributed by atoms with van der Waals surface area (Å²) in [4.78, 5) is 7.82. The first-order chi connectivity index (χ1) is 13.2. The molecule has 0 radical (unpaired) electrons. The number of thiophene rings is 1. The van der Waals surface area contributed by atoms with Crippen LogP contribution >= 0.6 is 23.6 Å². The summed E-state index contributed by atoms with van der Waals surface area (Å²) in [5.74, 6) is 0.865. The molecule has 1 aromatic carbocycles. The second kappa shape index (κ2) is 8.48. The molecule has 3 heterocycles. The van der Waals surface area contributed by atoms with Crippen LogP contribution in [0.3, 0.4) is 0 Å². The number of hydrogen-bond acceptors (Lipinski definition) is 3. The predicted molar refractivity (Wildman–Crippen MR) is 112 cm³/mol. The molecule has 0 aliphatic carbocycles. The number of benzene rings is 1. The lowest BCUT2D eigenvalue weighted by atomic mass is 10.1. The van der Waals surface area contributed by atoms with Gasteiger partial charge >= 0.3 is 0 Å². The van der Waals surface area contributed by atoms with Gasteiger partial charge in [-0.3, -0.25) is 5.10 Å². The first kappa shape index (κ1) is 18.6. The van der Waals surface area contributed by atoms with Crippen LogP contribution in [0.2, 0.25) is 0 Å². The molecule has 1 saturated heterocycles. The summed E-state index contributed by atoms with van der Waals surface area (Å²) in [6.07, 6.45) is 1.05. The van der Waals surface area contributed by atoms with E-state index in [1.165, 1.54) is 37.3 Å². The van der Waals surface area contributed by atoms with Gasteiger partial charge in [0.25, 0.3) is 0 Å². The summed E-state index contributed by atoms with van der Waals surface area (Å²) in [5, 5.41) is 7.84. The van der Waals surface area contributed by atoms with Gasteiger partial charge in [-0.15, -0.1) is 0 Å². The molecule has 0 bridgehead atoms. The highest BCUT2D eigenvalue weighted by molar-refractivity contribution is 7.71. The van der Waals surface area contributed by atoms with Crippen molar-refractivity contribution in [2.24, 2.45) is 0 Å². The first-order valence-electron chi connectivity index (χ1n) is 9.65. The highest BCUT2D eigenvalue weighted by Gasteiger charge is 2.23. The Morgan fingerprint density at radius 1 is 1.07 bits per heavy atom. The Morgan fingerprint density at radius 3 is 2.48 bits per heavy atom. The number of quaternary nitrogens is 2. The lowest BCUT2D eigenvalue weighted by Gasteiger charge is -2.29. The van der Waals surface area contributed by atoms with Gasteiger partial charge in [0.1, 0.15) is 32.7 Å². The fourth-order valence-electron chi connectivity index (χ4n) is 3.69. The molecule has 3 N–H and O–H groups in total. The smallest absolute Gasteiger partial charge is 0.221 e. The molecule has 0 amide bonds. The number of nitrogens with one attached hydrogen (secondary N) is 3. The van der Waals surface area contributed by atoms with Crippen molar-refractivity contribution in [3.63, 3.8) is 0 Å². The van der Waals surface area contributed by atoms with Crippen LogP contribution in [0.5, 0.6) is 0 Å². The fourth-order valence-corrected chi connectivity index (χ4v) is 4.56. The highest BCUT2D eigenvalue weighted by atomic mass is 32.1. The Kier molecular flexibility index (Phi) is 5.83. The third-order valence-electron chi connectivity index (χ3n) is 5.39. The fraction of sp³-hybridized carbons (Fsp3) is 0.400. The van der Waals surface area contributed by atoms with Gasteiger partial charge in [0.05, 0.1) is 0 Å². The van der Waals surface area contributed by atoms with Gasteiger partial charge in [-0.25, -0.2) is 4.68 Å². The normalized spacial score (nSPS) is 20.0. The van der Waals surface area contributed by atoms with Gasteiger partial charge < -0.3 is 9.80 Å². The van der Waals surface area contributed by atoms with Crippen molar-refractivity contribution in [2.75, 3.05) is 26.2 Å². The maximum absolute atomic E-state index is 5.49. The van der Waals surface area contributed by atoms with E-state index in [-0.39, 0.29) is 0 Å². The number of H-pyrrole nitrogens is 1. The number of aromatic nitrogens is 3. The quantitative estimate of drug-likeness (QED) is 0.543. The molecule has 5 nitrogen and oxygen atoms in total. The van der Waals surface area contributed by atoms with E-state index in [0.29, 0.717) is 4.77 Å². The lowest BCUT2D eigenvalue weighted by Crippen LogP contribution is -3.27. The minimum absolute atomic E-state index is 0.644. The Morgan fingerprint density at radius 2 is 1.81 bits per heavy atom. The van der Waals surface area contributed by atoms with E-state index in [1.54, 1.807) is 21.1 Å². The summed E-state index contributed by atoms with van der Waals surface area (Å²) in [7, 11) is 0. The van der Waals surface area contributed by atoms with Gasteiger partial charge in [0.2, 0.25) is 4.77 Å². The average Bonchev–Trinajstić information content (AvgIpc) is 3.33. The molecular weight excluding hydrogens is 374 g/mol. The maximum atomic E-state index is 5.49. The van der Waals surface area contributed by atoms with Crippen molar-refractivity contribution in [2.45, 2.75) is 26.6 Å². The topological polar surface area (TPSA) is 42.5 Å². The maximum Gasteiger partial charge on any atom is 0.221 e. The van der Waals surface area contributed by atoms with Crippen molar-refractivity contribution in [3.05, 3.63) is 57.0 Å². The van der Waals surface area contributed by atoms with Gasteiger partial charge in [-0.1, -0.05) is 31.2 Å². The Hall–Kier alpha value is -1.80. The molecule has 2 aromatic heterocycles. The molecule has 4 rings (SSSR count). The third-order valence-corrected chi connectivity index (χ3v) is 6.44. The average molecular weight is 402 g/mol. The summed E-state index contributed by atoms with van der Waals surface area (Å²) < 4.78 is 2.67. The molecule has 7 heteroatoms. The first-order valence-corrected chi connectivity index (χ1v) is 11.0. The van der Waals surface area contributed by atoms with E-state index < -0.39 is 0 Å². The summed E-state index contributed by atoms with van der Waals surface area (Å²) >= 11 is 7.28. The van der Waals surface area contributed by atoms with Crippen LogP contribution in [0.15, 0.2) is 41.1 Å². The Labute approximate surface area is 169 Å². The van der Waals surface area contributed by atoms with Crippen molar-refractivity contribution >= 4 is 23.6 Å². The molecule has 27 heavy (non-hydrogen) atoms. The SMILES string of the molecule is CCc1ccc(-c2nc(=S)n(C[NH+]3CC[NH+](Cc4ccsc4)CC3)[nH]2)cc1. The molecule has 1 aliphatic rings. The highest BCUT2D eigenvalue weighted by Crippen LogP contribution is 2.15. The van der Waals surface area contributed by atoms with Crippen LogP contribution in [0, 0.1) is 4.77 Å². The van der Waals surface area contributed by atoms with Gasteiger partial charge in [0.15, 0.2) is 12.5 Å². The number of piperazine rings is 1. The standard InChI is InChI=1S/C20H25N5S2/c1-2-16-3-5-18(6-4-16)19-21-20(26)25(22-19)15-24-10-8-23(9-11-24)13-17-7-12-27-14-17/h3-7,12,14H,2,8-11,13,15H2,1H3,(H,21,22,26)/p+2. The largest absolute Gasteiger partial charge is 0.322 e. The van der Waals surface area contributed by atoms with Crippen LogP contribution < -0.4 is 9.80 Å². The van der Waals surface area contributed by atoms with Crippen LogP contribution in [-0.4, -0.2) is 40.9 Å². The predicted octanol–water partition coefficient (Wildman–Crippen LogP) is 1.17. The van der Waals surface area contributed by atoms with Gasteiger partial charge in [-0.05, 0) is 41.0 Å². The van der Waals surface area contributed by atoms with Crippen molar-refractivity contribution in [1.29, 1.82) is 0 Å². The molecule has 0 atom stereocenters. The zero-order chi connectivity index (χ0) is 18.6. The molecule has 1 aliphatic heterocycles. The van der Waals surface area contributed by atoms with Crippen LogP contribution in [-0.2, 0) is 19.6 Å². The van der Waals surface area contributed by atoms with E-state index in [2.05, 4.69) is 58.1 Å². The van der Waals surface area contributed by atoms with E-state index >= 15 is 0 Å². The zero-order valence-corrected chi connectivity index (χ0v) is 17.3. The number of aromatic amines is 1. The van der Waals surface area contributed by atoms with E-state index in [0.717, 1.165) is 31.0 Å². The molecule has 0 unspecified atom stereocenters.